The van der Waals surface area contributed by atoms with Crippen LogP contribution in [0.5, 0.6) is 0 Å². The topological polar surface area (TPSA) is 59.8 Å². The molecule has 0 radical (unpaired) electrons. The maximum atomic E-state index is 12.1. The second-order valence-corrected chi connectivity index (χ2v) is 4.46. The summed E-state index contributed by atoms with van der Waals surface area (Å²) in [6.07, 6.45) is 5.41. The molecule has 0 fully saturated rings. The van der Waals surface area contributed by atoms with E-state index >= 15 is 0 Å². The molecule has 100 valence electrons. The predicted octanol–water partition coefficient (Wildman–Crippen LogP) is 1.84. The van der Waals surface area contributed by atoms with Crippen molar-refractivity contribution in [2.75, 3.05) is 0 Å². The van der Waals surface area contributed by atoms with Gasteiger partial charge in [-0.15, -0.1) is 0 Å². The van der Waals surface area contributed by atoms with Crippen molar-refractivity contribution in [3.8, 4) is 0 Å². The molecular formula is C14H18N4O. The van der Waals surface area contributed by atoms with Gasteiger partial charge in [-0.25, -0.2) is 9.97 Å². The van der Waals surface area contributed by atoms with Crippen LogP contribution in [0.4, 0.5) is 0 Å². The summed E-state index contributed by atoms with van der Waals surface area (Å²) >= 11 is 0. The first-order valence-corrected chi connectivity index (χ1v) is 6.33. The van der Waals surface area contributed by atoms with Gasteiger partial charge in [0.1, 0.15) is 5.82 Å². The van der Waals surface area contributed by atoms with Crippen LogP contribution in [0.3, 0.4) is 0 Å². The number of carbonyl (C=O) groups excluding carboxylic acids is 1. The average molecular weight is 258 g/mol. The van der Waals surface area contributed by atoms with Crippen LogP contribution in [0.2, 0.25) is 0 Å². The molecular weight excluding hydrogens is 240 g/mol. The van der Waals surface area contributed by atoms with Crippen molar-refractivity contribution in [3.05, 3.63) is 47.3 Å². The molecule has 0 unspecified atom stereocenters. The zero-order valence-corrected chi connectivity index (χ0v) is 11.5. The SMILES string of the molecule is CCn1ccc(C(=O)NCc2ncc(C)cn2)c1C. The molecule has 5 nitrogen and oxygen atoms in total. The third-order valence-corrected chi connectivity index (χ3v) is 3.07. The highest BCUT2D eigenvalue weighted by Crippen LogP contribution is 2.09. The zero-order chi connectivity index (χ0) is 13.8. The number of hydrogen-bond donors (Lipinski definition) is 1. The fraction of sp³-hybridized carbons (Fsp3) is 0.357. The van der Waals surface area contributed by atoms with Gasteiger partial charge in [-0.2, -0.15) is 0 Å². The molecule has 2 aromatic rings. The number of aryl methyl sites for hydroxylation is 2. The van der Waals surface area contributed by atoms with E-state index in [1.807, 2.05) is 30.7 Å². The number of amides is 1. The summed E-state index contributed by atoms with van der Waals surface area (Å²) in [5, 5.41) is 2.84. The van der Waals surface area contributed by atoms with E-state index in [-0.39, 0.29) is 5.91 Å². The molecule has 5 heteroatoms. The average Bonchev–Trinajstić information content (AvgIpc) is 2.79. The summed E-state index contributed by atoms with van der Waals surface area (Å²) in [6, 6.07) is 1.84. The van der Waals surface area contributed by atoms with E-state index < -0.39 is 0 Å². The quantitative estimate of drug-likeness (QED) is 0.910. The molecule has 2 heterocycles. The van der Waals surface area contributed by atoms with Gasteiger partial charge in [0, 0.05) is 30.8 Å². The van der Waals surface area contributed by atoms with Gasteiger partial charge in [-0.1, -0.05) is 0 Å². The van der Waals surface area contributed by atoms with Crippen LogP contribution >= 0.6 is 0 Å². The monoisotopic (exact) mass is 258 g/mol. The number of carbonyl (C=O) groups is 1. The molecule has 1 N–H and O–H groups in total. The summed E-state index contributed by atoms with van der Waals surface area (Å²) in [5.74, 6) is 0.528. The molecule has 1 amide bonds. The van der Waals surface area contributed by atoms with Crippen LogP contribution in [0.25, 0.3) is 0 Å². The lowest BCUT2D eigenvalue weighted by Crippen LogP contribution is -2.24. The van der Waals surface area contributed by atoms with Gasteiger partial charge in [0.15, 0.2) is 0 Å². The van der Waals surface area contributed by atoms with Crippen LogP contribution in [-0.2, 0) is 13.1 Å². The van der Waals surface area contributed by atoms with E-state index in [4.69, 9.17) is 0 Å². The van der Waals surface area contributed by atoms with E-state index in [2.05, 4.69) is 22.2 Å². The highest BCUT2D eigenvalue weighted by molar-refractivity contribution is 5.95. The maximum absolute atomic E-state index is 12.1. The molecule has 0 spiro atoms. The third-order valence-electron chi connectivity index (χ3n) is 3.07. The molecule has 0 bridgehead atoms. The Kier molecular flexibility index (Phi) is 3.94. The lowest BCUT2D eigenvalue weighted by atomic mass is 10.2. The number of rotatable bonds is 4. The summed E-state index contributed by atoms with van der Waals surface area (Å²) in [5.41, 5.74) is 2.68. The summed E-state index contributed by atoms with van der Waals surface area (Å²) < 4.78 is 2.04. The standard InChI is InChI=1S/C14H18N4O/c1-4-18-6-5-12(11(18)3)14(19)17-9-13-15-7-10(2)8-16-13/h5-8H,4,9H2,1-3H3,(H,17,19). The Morgan fingerprint density at radius 3 is 2.58 bits per heavy atom. The van der Waals surface area contributed by atoms with Crippen LogP contribution < -0.4 is 5.32 Å². The van der Waals surface area contributed by atoms with Gasteiger partial charge in [-0.05, 0) is 32.4 Å². The highest BCUT2D eigenvalue weighted by Gasteiger charge is 2.12. The molecule has 2 rings (SSSR count). The Hall–Kier alpha value is -2.17. The van der Waals surface area contributed by atoms with E-state index in [1.54, 1.807) is 12.4 Å². The first-order chi connectivity index (χ1) is 9.11. The summed E-state index contributed by atoms with van der Waals surface area (Å²) in [6.45, 7) is 7.13. The van der Waals surface area contributed by atoms with E-state index in [9.17, 15) is 4.79 Å². The molecule has 0 aliphatic heterocycles. The fourth-order valence-electron chi connectivity index (χ4n) is 1.90. The van der Waals surface area contributed by atoms with Crippen molar-refractivity contribution < 1.29 is 4.79 Å². The van der Waals surface area contributed by atoms with Crippen molar-refractivity contribution in [1.82, 2.24) is 19.9 Å². The lowest BCUT2D eigenvalue weighted by Gasteiger charge is -2.06. The maximum Gasteiger partial charge on any atom is 0.253 e. The van der Waals surface area contributed by atoms with E-state index in [1.165, 1.54) is 0 Å². The van der Waals surface area contributed by atoms with Crippen molar-refractivity contribution in [2.24, 2.45) is 0 Å². The molecule has 0 aliphatic carbocycles. The molecule has 2 aromatic heterocycles. The minimum Gasteiger partial charge on any atom is -0.351 e. The molecule has 0 atom stereocenters. The Morgan fingerprint density at radius 1 is 1.32 bits per heavy atom. The van der Waals surface area contributed by atoms with Crippen molar-refractivity contribution >= 4 is 5.91 Å². The fourth-order valence-corrected chi connectivity index (χ4v) is 1.90. The van der Waals surface area contributed by atoms with Crippen molar-refractivity contribution in [3.63, 3.8) is 0 Å². The Bertz CT molecular complexity index is 572. The largest absolute Gasteiger partial charge is 0.351 e. The van der Waals surface area contributed by atoms with Crippen LogP contribution in [0.15, 0.2) is 24.7 Å². The molecule has 0 aliphatic rings. The summed E-state index contributed by atoms with van der Waals surface area (Å²) in [7, 11) is 0. The first kappa shape index (κ1) is 13.3. The minimum absolute atomic E-state index is 0.0890. The van der Waals surface area contributed by atoms with Gasteiger partial charge in [0.05, 0.1) is 12.1 Å². The minimum atomic E-state index is -0.0890. The number of aromatic nitrogens is 3. The van der Waals surface area contributed by atoms with Gasteiger partial charge >= 0.3 is 0 Å². The second kappa shape index (κ2) is 5.65. The number of nitrogens with one attached hydrogen (secondary N) is 1. The molecule has 19 heavy (non-hydrogen) atoms. The predicted molar refractivity (Wildman–Crippen MR) is 72.8 cm³/mol. The van der Waals surface area contributed by atoms with Crippen LogP contribution in [0, 0.1) is 13.8 Å². The smallest absolute Gasteiger partial charge is 0.253 e. The van der Waals surface area contributed by atoms with Gasteiger partial charge in [0.2, 0.25) is 0 Å². The van der Waals surface area contributed by atoms with Crippen molar-refractivity contribution in [2.45, 2.75) is 33.9 Å². The Morgan fingerprint density at radius 2 is 2.00 bits per heavy atom. The number of hydrogen-bond acceptors (Lipinski definition) is 3. The highest BCUT2D eigenvalue weighted by atomic mass is 16.1. The van der Waals surface area contributed by atoms with Gasteiger partial charge in [0.25, 0.3) is 5.91 Å². The number of nitrogens with zero attached hydrogens (tertiary/aromatic N) is 3. The van der Waals surface area contributed by atoms with Crippen LogP contribution in [-0.4, -0.2) is 20.4 Å². The lowest BCUT2D eigenvalue weighted by molar-refractivity contribution is 0.0949. The Labute approximate surface area is 112 Å². The third kappa shape index (κ3) is 2.99. The zero-order valence-electron chi connectivity index (χ0n) is 11.5. The summed E-state index contributed by atoms with van der Waals surface area (Å²) in [4.78, 5) is 20.4. The van der Waals surface area contributed by atoms with E-state index in [0.29, 0.717) is 17.9 Å². The van der Waals surface area contributed by atoms with E-state index in [0.717, 1.165) is 17.8 Å². The van der Waals surface area contributed by atoms with Gasteiger partial charge < -0.3 is 9.88 Å². The second-order valence-electron chi connectivity index (χ2n) is 4.46. The molecule has 0 saturated carbocycles. The first-order valence-electron chi connectivity index (χ1n) is 6.33. The Balaban J connectivity index is 2.01. The molecule has 0 saturated heterocycles. The van der Waals surface area contributed by atoms with Gasteiger partial charge in [-0.3, -0.25) is 4.79 Å². The van der Waals surface area contributed by atoms with Crippen molar-refractivity contribution in [1.29, 1.82) is 0 Å². The van der Waals surface area contributed by atoms with Crippen LogP contribution in [0.1, 0.15) is 34.4 Å². The molecule has 0 aromatic carbocycles. The normalized spacial score (nSPS) is 10.5.